The van der Waals surface area contributed by atoms with Crippen LogP contribution in [0.3, 0.4) is 0 Å². The van der Waals surface area contributed by atoms with Gasteiger partial charge in [0.05, 0.1) is 36.6 Å². The average molecular weight is 987 g/mol. The van der Waals surface area contributed by atoms with Crippen LogP contribution in [-0.4, -0.2) is 222 Å². The zero-order valence-electron chi connectivity index (χ0n) is 39.3. The van der Waals surface area contributed by atoms with Crippen molar-refractivity contribution in [1.82, 2.24) is 19.6 Å². The van der Waals surface area contributed by atoms with Crippen molar-refractivity contribution in [3.63, 3.8) is 0 Å². The molecule has 0 bridgehead atoms. The molecule has 0 amide bonds. The lowest BCUT2D eigenvalue weighted by molar-refractivity contribution is 0.00128. The van der Waals surface area contributed by atoms with E-state index in [4.69, 9.17) is 0 Å². The third kappa shape index (κ3) is 40.4. The van der Waals surface area contributed by atoms with Gasteiger partial charge >= 0.3 is 0 Å². The Morgan fingerprint density at radius 2 is 0.484 bits per heavy atom. The van der Waals surface area contributed by atoms with Crippen LogP contribution < -0.4 is 0 Å². The van der Waals surface area contributed by atoms with Crippen LogP contribution in [0.1, 0.15) is 136 Å². The van der Waals surface area contributed by atoms with E-state index in [0.717, 1.165) is 96.3 Å². The Labute approximate surface area is 386 Å². The Hall–Kier alpha value is -0.670. The summed E-state index contributed by atoms with van der Waals surface area (Å²) in [6.45, 7) is 6.67. The second-order valence-electron chi connectivity index (χ2n) is 18.0. The first kappa shape index (κ1) is 63.3. The van der Waals surface area contributed by atoms with Crippen LogP contribution in [-0.2, 0) is 30.4 Å². The zero-order chi connectivity index (χ0) is 48.6. The van der Waals surface area contributed by atoms with E-state index in [1.807, 2.05) is 0 Å². The predicted molar refractivity (Wildman–Crippen MR) is 251 cm³/mol. The van der Waals surface area contributed by atoms with Crippen LogP contribution in [0.5, 0.6) is 0 Å². The molecule has 0 fully saturated rings. The van der Waals surface area contributed by atoms with Gasteiger partial charge in [-0.3, -0.25) is 33.3 Å². The summed E-state index contributed by atoms with van der Waals surface area (Å²) in [4.78, 5) is 6.77. The van der Waals surface area contributed by atoms with Gasteiger partial charge in [0.2, 0.25) is 0 Å². The third-order valence-corrected chi connectivity index (χ3v) is 13.3. The van der Waals surface area contributed by atoms with Crippen molar-refractivity contribution in [3.8, 4) is 0 Å². The molecule has 0 radical (unpaired) electrons. The van der Waals surface area contributed by atoms with Crippen molar-refractivity contribution in [3.05, 3.63) is 0 Å². The van der Waals surface area contributed by atoms with Crippen molar-refractivity contribution in [1.29, 1.82) is 0 Å². The number of hydrogen-bond acceptors (Lipinski definition) is 16. The largest absolute Gasteiger partial charge is 0.391 e. The molecule has 0 aromatic carbocycles. The van der Waals surface area contributed by atoms with E-state index in [1.54, 1.807) is 19.6 Å². The smallest absolute Gasteiger partial charge is 0.267 e. The van der Waals surface area contributed by atoms with E-state index in [0.29, 0.717) is 38.9 Å². The first-order valence-electron chi connectivity index (χ1n) is 23.8. The topological polar surface area (TPSA) is 297 Å². The van der Waals surface area contributed by atoms with E-state index >= 15 is 0 Å². The summed E-state index contributed by atoms with van der Waals surface area (Å²) in [5.74, 6) is -2.66. The molecule has 6 unspecified atom stereocenters. The van der Waals surface area contributed by atoms with Gasteiger partial charge in [-0.25, -0.2) is 0 Å². The first-order chi connectivity index (χ1) is 29.9. The molecule has 6 atom stereocenters. The molecule has 0 spiro atoms. The molecule has 0 saturated heterocycles. The van der Waals surface area contributed by atoms with Crippen molar-refractivity contribution >= 4 is 30.4 Å². The van der Waals surface area contributed by atoms with Gasteiger partial charge in [0.15, 0.2) is 0 Å². The minimum absolute atomic E-state index is 0.0296. The molecule has 0 rings (SSSR count). The Bertz CT molecular complexity index is 1300. The average Bonchev–Trinajstić information content (AvgIpc) is 3.13. The summed E-state index contributed by atoms with van der Waals surface area (Å²) in [6, 6.07) is 0. The van der Waals surface area contributed by atoms with Gasteiger partial charge in [-0.05, 0) is 38.9 Å². The molecule has 0 saturated carbocycles. The standard InChI is InChI=1S/C42H90N4O15S3/c1-4-7-10-13-16-19-22-43(31-40(50)34-62(53,54)55)25-37(47)28-46(29-38(48)26-44(23-20-17-14-11-8-5-2)32-41(51)35-63(56,57)58)30-39(49)27-45(24-21-18-15-12-9-6-3)33-42(52)36-64(59,60)61/h37-42,47-52H,4-36H2,1-3H3,(H,53,54,55)(H,56,57,58)(H,59,60,61). The molecule has 0 aliphatic heterocycles. The van der Waals surface area contributed by atoms with Gasteiger partial charge in [-0.15, -0.1) is 0 Å². The molecule has 0 aromatic heterocycles. The molecular weight excluding hydrogens is 897 g/mol. The van der Waals surface area contributed by atoms with Crippen LogP contribution in [0.15, 0.2) is 0 Å². The lowest BCUT2D eigenvalue weighted by atomic mass is 10.1. The van der Waals surface area contributed by atoms with E-state index in [1.165, 1.54) is 0 Å². The highest BCUT2D eigenvalue weighted by Gasteiger charge is 2.27. The SMILES string of the molecule is CCCCCCCCN(CC(O)CN(CC(O)CN(CCCCCCCC)CC(O)CS(=O)(=O)O)CC(O)CN(CCCCCCCC)CC(O)CS(=O)(=O)O)CC(O)CS(=O)(=O)O. The summed E-state index contributed by atoms with van der Waals surface area (Å²) in [5.41, 5.74) is 0. The lowest BCUT2D eigenvalue weighted by Gasteiger charge is -2.34. The van der Waals surface area contributed by atoms with Crippen molar-refractivity contribution < 1.29 is 69.6 Å². The number of nitrogens with zero attached hydrogens (tertiary/aromatic N) is 4. The number of aliphatic hydroxyl groups excluding tert-OH is 6. The van der Waals surface area contributed by atoms with Crippen LogP contribution in [0, 0.1) is 0 Å². The Morgan fingerprint density at radius 1 is 0.297 bits per heavy atom. The second-order valence-corrected chi connectivity index (χ2v) is 22.5. The molecule has 9 N–H and O–H groups in total. The summed E-state index contributed by atoms with van der Waals surface area (Å²) < 4.78 is 97.3. The highest BCUT2D eigenvalue weighted by atomic mass is 32.2. The van der Waals surface area contributed by atoms with Crippen LogP contribution >= 0.6 is 0 Å². The van der Waals surface area contributed by atoms with Gasteiger partial charge in [0.25, 0.3) is 30.4 Å². The summed E-state index contributed by atoms with van der Waals surface area (Å²) in [6.07, 6.45) is 9.51. The quantitative estimate of drug-likeness (QED) is 0.0312. The lowest BCUT2D eigenvalue weighted by Crippen LogP contribution is -2.51. The predicted octanol–water partition coefficient (Wildman–Crippen LogP) is 2.10. The van der Waals surface area contributed by atoms with Crippen molar-refractivity contribution in [2.45, 2.75) is 173 Å². The summed E-state index contributed by atoms with van der Waals surface area (Å²) in [7, 11) is -13.4. The van der Waals surface area contributed by atoms with E-state index in [9.17, 15) is 69.6 Å². The maximum absolute atomic E-state index is 11.5. The van der Waals surface area contributed by atoms with Gasteiger partial charge in [-0.1, -0.05) is 117 Å². The molecule has 0 aliphatic carbocycles. The fourth-order valence-electron chi connectivity index (χ4n) is 8.09. The Morgan fingerprint density at radius 3 is 0.703 bits per heavy atom. The van der Waals surface area contributed by atoms with Crippen molar-refractivity contribution in [2.75, 3.05) is 95.8 Å². The molecule has 0 aromatic rings. The number of unbranched alkanes of at least 4 members (excludes halogenated alkanes) is 15. The van der Waals surface area contributed by atoms with Gasteiger partial charge in [0, 0.05) is 58.9 Å². The second kappa shape index (κ2) is 36.3. The third-order valence-electron chi connectivity index (χ3n) is 10.9. The highest BCUT2D eigenvalue weighted by Crippen LogP contribution is 2.13. The maximum atomic E-state index is 11.5. The van der Waals surface area contributed by atoms with Crippen LogP contribution in [0.4, 0.5) is 0 Å². The molecule has 386 valence electrons. The van der Waals surface area contributed by atoms with E-state index < -0.39 is 84.2 Å². The normalized spacial score (nSPS) is 15.9. The fourth-order valence-corrected chi connectivity index (χ4v) is 9.86. The number of aliphatic hydroxyl groups is 6. The van der Waals surface area contributed by atoms with Gasteiger partial charge in [0.1, 0.15) is 17.3 Å². The number of rotatable bonds is 45. The fraction of sp³-hybridized carbons (Fsp3) is 1.00. The maximum Gasteiger partial charge on any atom is 0.267 e. The van der Waals surface area contributed by atoms with Crippen LogP contribution in [0.2, 0.25) is 0 Å². The van der Waals surface area contributed by atoms with Gasteiger partial charge in [-0.2, -0.15) is 25.3 Å². The van der Waals surface area contributed by atoms with E-state index in [-0.39, 0.29) is 58.9 Å². The Kier molecular flexibility index (Phi) is 36.0. The monoisotopic (exact) mass is 987 g/mol. The number of hydrogen-bond donors (Lipinski definition) is 9. The highest BCUT2D eigenvalue weighted by molar-refractivity contribution is 7.86. The van der Waals surface area contributed by atoms with Crippen molar-refractivity contribution in [2.24, 2.45) is 0 Å². The van der Waals surface area contributed by atoms with Gasteiger partial charge < -0.3 is 30.6 Å². The summed E-state index contributed by atoms with van der Waals surface area (Å²) in [5, 5.41) is 66.1. The molecule has 0 heterocycles. The molecular formula is C42H90N4O15S3. The van der Waals surface area contributed by atoms with E-state index in [2.05, 4.69) is 20.8 Å². The minimum Gasteiger partial charge on any atom is -0.391 e. The first-order valence-corrected chi connectivity index (χ1v) is 28.6. The summed E-state index contributed by atoms with van der Waals surface area (Å²) >= 11 is 0. The zero-order valence-corrected chi connectivity index (χ0v) is 41.7. The Balaban J connectivity index is 6.39. The molecule has 19 nitrogen and oxygen atoms in total. The molecule has 64 heavy (non-hydrogen) atoms. The van der Waals surface area contributed by atoms with Crippen LogP contribution in [0.25, 0.3) is 0 Å². The minimum atomic E-state index is -4.48. The molecule has 0 aliphatic rings. The molecule has 22 heteroatoms.